The number of benzene rings is 1. The number of rotatable bonds is 5. The van der Waals surface area contributed by atoms with Gasteiger partial charge in [-0.25, -0.2) is 9.78 Å². The van der Waals surface area contributed by atoms with Gasteiger partial charge in [0, 0.05) is 16.7 Å². The van der Waals surface area contributed by atoms with Crippen LogP contribution in [0.3, 0.4) is 0 Å². The molecule has 7 nitrogen and oxygen atoms in total. The lowest BCUT2D eigenvalue weighted by atomic mass is 9.46. The van der Waals surface area contributed by atoms with Gasteiger partial charge in [-0.05, 0) is 80.4 Å². The molecule has 7 atom stereocenters. The molecule has 0 saturated heterocycles. The minimum atomic E-state index is -1.43. The average molecular weight is 604 g/mol. The average Bonchev–Trinajstić information content (AvgIpc) is 3.70. The van der Waals surface area contributed by atoms with Crippen LogP contribution in [-0.4, -0.2) is 38.7 Å². The first-order chi connectivity index (χ1) is 20.1. The second-order valence-electron chi connectivity index (χ2n) is 12.6. The Labute approximate surface area is 252 Å². The maximum Gasteiger partial charge on any atom is 0.375 e. The quantitative estimate of drug-likeness (QED) is 0.329. The van der Waals surface area contributed by atoms with E-state index >= 15 is 0 Å². The van der Waals surface area contributed by atoms with Gasteiger partial charge in [0.2, 0.25) is 10.9 Å². The van der Waals surface area contributed by atoms with Crippen LogP contribution < -0.4 is 0 Å². The van der Waals surface area contributed by atoms with E-state index in [1.165, 1.54) is 6.26 Å². The summed E-state index contributed by atoms with van der Waals surface area (Å²) in [4.78, 5) is 44.7. The number of aromatic nitrogens is 1. The SMILES string of the molecule is CC12C=CC(=O)C=C1CCC1C2[C@@H](O)CC2(C)C1CC[C@]2(OC(=O)c1ccco1)C(=O)SCc1nc2ccccc2s1. The summed E-state index contributed by atoms with van der Waals surface area (Å²) in [5.41, 5.74) is -0.644. The molecule has 0 radical (unpaired) electrons. The molecule has 0 amide bonds. The summed E-state index contributed by atoms with van der Waals surface area (Å²) in [5.74, 6) is -0.146. The Morgan fingerprint density at radius 1 is 1.19 bits per heavy atom. The molecule has 2 aromatic heterocycles. The first kappa shape index (κ1) is 27.8. The van der Waals surface area contributed by atoms with Gasteiger partial charge in [0.05, 0.1) is 28.3 Å². The Hall–Kier alpha value is -3.01. The number of hydrogen-bond donors (Lipinski definition) is 1. The number of thiazole rings is 1. The molecule has 0 bridgehead atoms. The number of thioether (sulfide) groups is 1. The fraction of sp³-hybridized carbons (Fsp3) is 0.455. The normalized spacial score (nSPS) is 35.3. The maximum absolute atomic E-state index is 14.4. The van der Waals surface area contributed by atoms with Crippen molar-refractivity contribution in [2.75, 3.05) is 0 Å². The van der Waals surface area contributed by atoms with Crippen molar-refractivity contribution in [3.63, 3.8) is 0 Å². The van der Waals surface area contributed by atoms with Crippen molar-refractivity contribution in [2.24, 2.45) is 28.6 Å². The molecule has 3 saturated carbocycles. The number of carbonyl (C=O) groups is 3. The molecule has 0 spiro atoms. The van der Waals surface area contributed by atoms with E-state index in [9.17, 15) is 19.5 Å². The lowest BCUT2D eigenvalue weighted by Crippen LogP contribution is -2.62. The molecule has 5 unspecified atom stereocenters. The highest BCUT2D eigenvalue weighted by atomic mass is 32.2. The lowest BCUT2D eigenvalue weighted by molar-refractivity contribution is -0.171. The number of carbonyl (C=O) groups excluding carboxylic acids is 3. The summed E-state index contributed by atoms with van der Waals surface area (Å²) in [7, 11) is 0. The highest BCUT2D eigenvalue weighted by Gasteiger charge is 2.70. The van der Waals surface area contributed by atoms with Crippen LogP contribution in [0, 0.1) is 28.6 Å². The van der Waals surface area contributed by atoms with Crippen LogP contribution in [0.25, 0.3) is 10.2 Å². The molecular formula is C33H33NO6S2. The molecule has 1 aromatic carbocycles. The fourth-order valence-electron chi connectivity index (χ4n) is 8.69. The minimum absolute atomic E-state index is 0.00321. The van der Waals surface area contributed by atoms with E-state index in [0.717, 1.165) is 45.4 Å². The summed E-state index contributed by atoms with van der Waals surface area (Å²) < 4.78 is 12.7. The zero-order valence-corrected chi connectivity index (χ0v) is 25.2. The number of esters is 1. The number of aliphatic hydroxyl groups excluding tert-OH is 1. The molecule has 9 heteroatoms. The smallest absolute Gasteiger partial charge is 0.375 e. The number of hydrogen-bond acceptors (Lipinski definition) is 9. The van der Waals surface area contributed by atoms with Gasteiger partial charge in [0.15, 0.2) is 11.4 Å². The molecule has 7 rings (SSSR count). The Balaban J connectivity index is 1.23. The molecule has 218 valence electrons. The van der Waals surface area contributed by atoms with Crippen LogP contribution in [0.1, 0.15) is 61.5 Å². The third-order valence-corrected chi connectivity index (χ3v) is 12.8. The van der Waals surface area contributed by atoms with E-state index in [4.69, 9.17) is 14.1 Å². The molecule has 0 aliphatic heterocycles. The second kappa shape index (κ2) is 10.0. The minimum Gasteiger partial charge on any atom is -0.457 e. The third kappa shape index (κ3) is 4.11. The zero-order valence-electron chi connectivity index (χ0n) is 23.6. The topological polar surface area (TPSA) is 107 Å². The number of aliphatic hydroxyl groups is 1. The Kier molecular flexibility index (Phi) is 6.64. The summed E-state index contributed by atoms with van der Waals surface area (Å²) in [5, 5.41) is 12.5. The summed E-state index contributed by atoms with van der Waals surface area (Å²) in [6.45, 7) is 4.16. The van der Waals surface area contributed by atoms with Gasteiger partial charge in [-0.1, -0.05) is 49.4 Å². The van der Waals surface area contributed by atoms with Crippen LogP contribution >= 0.6 is 23.1 Å². The highest BCUT2D eigenvalue weighted by Crippen LogP contribution is 2.68. The first-order valence-electron chi connectivity index (χ1n) is 14.6. The Morgan fingerprint density at radius 2 is 2.02 bits per heavy atom. The molecule has 42 heavy (non-hydrogen) atoms. The Bertz CT molecular complexity index is 1610. The first-order valence-corrected chi connectivity index (χ1v) is 16.4. The zero-order chi connectivity index (χ0) is 29.3. The number of ketones is 1. The molecule has 4 aliphatic carbocycles. The van der Waals surface area contributed by atoms with Crippen LogP contribution in [0.5, 0.6) is 0 Å². The molecular weight excluding hydrogens is 570 g/mol. The Morgan fingerprint density at radius 3 is 2.81 bits per heavy atom. The number of nitrogens with zero attached hydrogens (tertiary/aromatic N) is 1. The van der Waals surface area contributed by atoms with Gasteiger partial charge < -0.3 is 14.3 Å². The highest BCUT2D eigenvalue weighted by molar-refractivity contribution is 8.13. The van der Waals surface area contributed by atoms with Crippen LogP contribution in [0.15, 0.2) is 70.9 Å². The van der Waals surface area contributed by atoms with Crippen LogP contribution in [0.4, 0.5) is 0 Å². The van der Waals surface area contributed by atoms with E-state index in [2.05, 4.69) is 6.92 Å². The fourth-order valence-corrected chi connectivity index (χ4v) is 10.8. The van der Waals surface area contributed by atoms with Crippen molar-refractivity contribution >= 4 is 50.2 Å². The van der Waals surface area contributed by atoms with Crippen molar-refractivity contribution in [1.82, 2.24) is 4.98 Å². The van der Waals surface area contributed by atoms with Crippen molar-refractivity contribution < 1.29 is 28.6 Å². The van der Waals surface area contributed by atoms with Gasteiger partial charge >= 0.3 is 5.97 Å². The van der Waals surface area contributed by atoms with Gasteiger partial charge in [0.1, 0.15) is 5.01 Å². The monoisotopic (exact) mass is 603 g/mol. The number of ether oxygens (including phenoxy) is 1. The number of allylic oxidation sites excluding steroid dienone is 4. The van der Waals surface area contributed by atoms with Crippen molar-refractivity contribution in [2.45, 2.75) is 63.4 Å². The van der Waals surface area contributed by atoms with Gasteiger partial charge in [0.25, 0.3) is 0 Å². The third-order valence-electron chi connectivity index (χ3n) is 10.6. The van der Waals surface area contributed by atoms with Gasteiger partial charge in [-0.3, -0.25) is 9.59 Å². The predicted octanol–water partition coefficient (Wildman–Crippen LogP) is 6.52. The standard InChI is InChI=1S/C33H33NO6S2/c1-31-13-11-20(35)16-19(31)9-10-21-22-12-14-33(32(22,2)17-24(36)28(21)31,40-29(37)25-7-5-15-39-25)30(38)41-18-27-34-23-6-3-4-8-26(23)42-27/h3-8,11,13,15-16,21-22,24,28,36H,9-10,12,14,17-18H2,1-2H3/t21?,22?,24-,28?,31?,32?,33-/m0/s1. The van der Waals surface area contributed by atoms with Crippen LogP contribution in [0.2, 0.25) is 0 Å². The summed E-state index contributed by atoms with van der Waals surface area (Å²) >= 11 is 2.70. The van der Waals surface area contributed by atoms with Crippen molar-refractivity contribution in [1.29, 1.82) is 0 Å². The predicted molar refractivity (Wildman–Crippen MR) is 161 cm³/mol. The van der Waals surface area contributed by atoms with Gasteiger partial charge in [-0.2, -0.15) is 0 Å². The van der Waals surface area contributed by atoms with Crippen molar-refractivity contribution in [3.8, 4) is 0 Å². The van der Waals surface area contributed by atoms with E-state index in [0.29, 0.717) is 25.0 Å². The molecule has 2 heterocycles. The summed E-state index contributed by atoms with van der Waals surface area (Å²) in [6, 6.07) is 11.1. The number of fused-ring (bicyclic) bond motifs is 6. The number of furan rings is 1. The van der Waals surface area contributed by atoms with E-state index in [-0.39, 0.29) is 34.4 Å². The summed E-state index contributed by atoms with van der Waals surface area (Å²) in [6.07, 6.45) is 9.03. The van der Waals surface area contributed by atoms with Crippen molar-refractivity contribution in [3.05, 3.63) is 77.2 Å². The largest absolute Gasteiger partial charge is 0.457 e. The molecule has 1 N–H and O–H groups in total. The van der Waals surface area contributed by atoms with Gasteiger partial charge in [-0.15, -0.1) is 11.3 Å². The van der Waals surface area contributed by atoms with Crippen LogP contribution in [-0.2, 0) is 20.1 Å². The maximum atomic E-state index is 14.4. The molecule has 3 aromatic rings. The van der Waals surface area contributed by atoms with E-state index < -0.39 is 28.5 Å². The molecule has 4 aliphatic rings. The van der Waals surface area contributed by atoms with E-state index in [1.807, 2.05) is 37.3 Å². The van der Waals surface area contributed by atoms with E-state index in [1.54, 1.807) is 35.6 Å². The second-order valence-corrected chi connectivity index (χ2v) is 14.7. The number of para-hydroxylation sites is 1. The lowest BCUT2D eigenvalue weighted by Gasteiger charge is -2.59. The molecule has 3 fully saturated rings.